The number of anilines is 1. The van der Waals surface area contributed by atoms with Crippen molar-refractivity contribution < 1.29 is 19.1 Å². The molecule has 0 aliphatic heterocycles. The number of hydrogen-bond donors (Lipinski definition) is 2. The number of carboxylic acid groups (broad SMARTS) is 1. The van der Waals surface area contributed by atoms with E-state index in [1.165, 1.54) is 17.9 Å². The minimum Gasteiger partial charge on any atom is -0.476 e. The van der Waals surface area contributed by atoms with Gasteiger partial charge in [-0.25, -0.2) is 9.48 Å². The maximum absolute atomic E-state index is 11.4. The summed E-state index contributed by atoms with van der Waals surface area (Å²) in [4.78, 5) is 22.5. The highest BCUT2D eigenvalue weighted by Gasteiger charge is 2.23. The van der Waals surface area contributed by atoms with Gasteiger partial charge in [-0.1, -0.05) is 11.3 Å². The van der Waals surface area contributed by atoms with Crippen molar-refractivity contribution in [1.29, 1.82) is 0 Å². The quantitative estimate of drug-likeness (QED) is 0.764. The van der Waals surface area contributed by atoms with Crippen molar-refractivity contribution >= 4 is 17.6 Å². The van der Waals surface area contributed by atoms with Crippen LogP contribution < -0.4 is 5.32 Å². The average molecular weight is 312 g/mol. The number of carboxylic acids is 1. The Hall–Kier alpha value is -3.42. The van der Waals surface area contributed by atoms with Gasteiger partial charge in [0.15, 0.2) is 5.76 Å². The molecule has 0 saturated carbocycles. The first-order valence-corrected chi connectivity index (χ1v) is 6.67. The molecule has 0 spiro atoms. The monoisotopic (exact) mass is 312 g/mol. The van der Waals surface area contributed by atoms with E-state index in [1.807, 2.05) is 0 Å². The van der Waals surface area contributed by atoms with Crippen LogP contribution >= 0.6 is 0 Å². The second-order valence-electron chi connectivity index (χ2n) is 4.71. The van der Waals surface area contributed by atoms with Gasteiger partial charge in [0.25, 0.3) is 0 Å². The molecule has 1 amide bonds. The molecule has 0 unspecified atom stereocenters. The Kier molecular flexibility index (Phi) is 3.63. The van der Waals surface area contributed by atoms with E-state index >= 15 is 0 Å². The van der Waals surface area contributed by atoms with Crippen molar-refractivity contribution in [3.63, 3.8) is 0 Å². The van der Waals surface area contributed by atoms with E-state index in [4.69, 9.17) is 4.42 Å². The smallest absolute Gasteiger partial charge is 0.358 e. The van der Waals surface area contributed by atoms with Crippen molar-refractivity contribution in [3.05, 3.63) is 48.4 Å². The van der Waals surface area contributed by atoms with E-state index in [0.717, 1.165) is 0 Å². The Balaban J connectivity index is 2.14. The zero-order valence-electron chi connectivity index (χ0n) is 12.1. The fourth-order valence-electron chi connectivity index (χ4n) is 2.16. The van der Waals surface area contributed by atoms with Gasteiger partial charge in [-0.05, 0) is 30.3 Å². The molecule has 116 valence electrons. The Morgan fingerprint density at radius 1 is 1.26 bits per heavy atom. The predicted molar refractivity (Wildman–Crippen MR) is 80.3 cm³/mol. The zero-order valence-corrected chi connectivity index (χ0v) is 12.1. The van der Waals surface area contributed by atoms with Crippen LogP contribution in [0.1, 0.15) is 17.4 Å². The van der Waals surface area contributed by atoms with Gasteiger partial charge in [-0.15, -0.1) is 5.10 Å². The summed E-state index contributed by atoms with van der Waals surface area (Å²) in [7, 11) is 0. The molecule has 8 nitrogen and oxygen atoms in total. The molecule has 2 N–H and O–H groups in total. The molecule has 3 aromatic rings. The normalized spacial score (nSPS) is 10.5. The van der Waals surface area contributed by atoms with Gasteiger partial charge in [0.05, 0.1) is 12.0 Å². The summed E-state index contributed by atoms with van der Waals surface area (Å²) in [5, 5.41) is 19.5. The van der Waals surface area contributed by atoms with Crippen molar-refractivity contribution in [2.24, 2.45) is 0 Å². The van der Waals surface area contributed by atoms with Crippen molar-refractivity contribution in [3.8, 4) is 17.1 Å². The van der Waals surface area contributed by atoms with E-state index < -0.39 is 5.97 Å². The molecule has 0 saturated heterocycles. The molecule has 2 aromatic heterocycles. The number of carbonyl (C=O) groups excluding carboxylic acids is 1. The number of furan rings is 1. The predicted octanol–water partition coefficient (Wildman–Crippen LogP) is 2.18. The Morgan fingerprint density at radius 3 is 2.74 bits per heavy atom. The number of carbonyl (C=O) groups is 2. The highest BCUT2D eigenvalue weighted by Crippen LogP contribution is 2.26. The number of benzene rings is 1. The highest BCUT2D eigenvalue weighted by molar-refractivity contribution is 5.92. The SMILES string of the molecule is CC(=O)Nc1cccc(-n2nnc(C(=O)O)c2-c2ccco2)c1. The standard InChI is InChI=1S/C15H12N4O4/c1-9(20)16-10-4-2-5-11(8-10)19-14(12-6-3-7-23-12)13(15(21)22)17-18-19/h2-8H,1H3,(H,16,20)(H,21,22). The van der Waals surface area contributed by atoms with Gasteiger partial charge in [0.1, 0.15) is 5.69 Å². The Bertz CT molecular complexity index is 867. The summed E-state index contributed by atoms with van der Waals surface area (Å²) in [6, 6.07) is 10.1. The molecule has 1 aromatic carbocycles. The highest BCUT2D eigenvalue weighted by atomic mass is 16.4. The molecule has 2 heterocycles. The Morgan fingerprint density at radius 2 is 2.09 bits per heavy atom. The average Bonchev–Trinajstić information content (AvgIpc) is 3.15. The number of aromatic carboxylic acids is 1. The first-order chi connectivity index (χ1) is 11.1. The lowest BCUT2D eigenvalue weighted by Gasteiger charge is -2.07. The topological polar surface area (TPSA) is 110 Å². The lowest BCUT2D eigenvalue weighted by Crippen LogP contribution is -2.07. The molecule has 8 heteroatoms. The van der Waals surface area contributed by atoms with Crippen molar-refractivity contribution in [1.82, 2.24) is 15.0 Å². The fraction of sp³-hybridized carbons (Fsp3) is 0.0667. The minimum absolute atomic E-state index is 0.210. The molecule has 23 heavy (non-hydrogen) atoms. The molecule has 0 aliphatic carbocycles. The van der Waals surface area contributed by atoms with E-state index in [0.29, 0.717) is 17.1 Å². The van der Waals surface area contributed by atoms with Gasteiger partial charge in [0, 0.05) is 12.6 Å². The summed E-state index contributed by atoms with van der Waals surface area (Å²) in [6.07, 6.45) is 1.44. The van der Waals surface area contributed by atoms with Gasteiger partial charge in [-0.3, -0.25) is 4.79 Å². The second kappa shape index (κ2) is 5.76. The summed E-state index contributed by atoms with van der Waals surface area (Å²) in [5.41, 5.74) is 1.11. The largest absolute Gasteiger partial charge is 0.476 e. The number of amides is 1. The van der Waals surface area contributed by atoms with Crippen LogP contribution in [0.2, 0.25) is 0 Å². The number of rotatable bonds is 4. The molecule has 3 rings (SSSR count). The summed E-state index contributed by atoms with van der Waals surface area (Å²) in [6.45, 7) is 1.40. The molecule has 0 bridgehead atoms. The van der Waals surface area contributed by atoms with Crippen LogP contribution in [0.25, 0.3) is 17.1 Å². The molecule has 0 atom stereocenters. The van der Waals surface area contributed by atoms with Crippen LogP contribution in [0.5, 0.6) is 0 Å². The molecular formula is C15H12N4O4. The lowest BCUT2D eigenvalue weighted by molar-refractivity contribution is -0.114. The number of hydrogen-bond acceptors (Lipinski definition) is 5. The third-order valence-corrected chi connectivity index (χ3v) is 3.04. The maximum atomic E-state index is 11.4. The van der Waals surface area contributed by atoms with Gasteiger partial charge < -0.3 is 14.8 Å². The minimum atomic E-state index is -1.21. The third-order valence-electron chi connectivity index (χ3n) is 3.04. The van der Waals surface area contributed by atoms with Gasteiger partial charge in [0.2, 0.25) is 11.6 Å². The summed E-state index contributed by atoms with van der Waals surface area (Å²) < 4.78 is 6.65. The van der Waals surface area contributed by atoms with E-state index in [1.54, 1.807) is 36.4 Å². The molecular weight excluding hydrogens is 300 g/mol. The third kappa shape index (κ3) is 2.82. The van der Waals surface area contributed by atoms with E-state index in [-0.39, 0.29) is 17.3 Å². The van der Waals surface area contributed by atoms with Gasteiger partial charge >= 0.3 is 5.97 Å². The van der Waals surface area contributed by atoms with E-state index in [2.05, 4.69) is 15.6 Å². The molecule has 0 fully saturated rings. The van der Waals surface area contributed by atoms with Crippen LogP contribution in [0.3, 0.4) is 0 Å². The van der Waals surface area contributed by atoms with Crippen LogP contribution in [-0.4, -0.2) is 32.0 Å². The van der Waals surface area contributed by atoms with Crippen LogP contribution in [-0.2, 0) is 4.79 Å². The van der Waals surface area contributed by atoms with E-state index in [9.17, 15) is 14.7 Å². The number of aromatic nitrogens is 3. The summed E-state index contributed by atoms with van der Waals surface area (Å²) in [5.74, 6) is -1.09. The maximum Gasteiger partial charge on any atom is 0.358 e. The lowest BCUT2D eigenvalue weighted by atomic mass is 10.2. The van der Waals surface area contributed by atoms with Crippen molar-refractivity contribution in [2.75, 3.05) is 5.32 Å². The second-order valence-corrected chi connectivity index (χ2v) is 4.71. The summed E-state index contributed by atoms with van der Waals surface area (Å²) >= 11 is 0. The molecule has 0 radical (unpaired) electrons. The van der Waals surface area contributed by atoms with Crippen molar-refractivity contribution in [2.45, 2.75) is 6.92 Å². The first kappa shape index (κ1) is 14.5. The van der Waals surface area contributed by atoms with Crippen LogP contribution in [0.4, 0.5) is 5.69 Å². The first-order valence-electron chi connectivity index (χ1n) is 6.67. The number of nitrogens with zero attached hydrogens (tertiary/aromatic N) is 3. The van der Waals surface area contributed by atoms with Crippen LogP contribution in [0, 0.1) is 0 Å². The Labute approximate surface area is 130 Å². The molecule has 0 aliphatic rings. The van der Waals surface area contributed by atoms with Gasteiger partial charge in [-0.2, -0.15) is 0 Å². The fourth-order valence-corrected chi connectivity index (χ4v) is 2.16. The zero-order chi connectivity index (χ0) is 16.4. The number of nitrogens with one attached hydrogen (secondary N) is 1. The van der Waals surface area contributed by atoms with Crippen LogP contribution in [0.15, 0.2) is 47.1 Å².